The minimum absolute atomic E-state index is 0.0129. The van der Waals surface area contributed by atoms with Gasteiger partial charge in [0.2, 0.25) is 0 Å². The van der Waals surface area contributed by atoms with E-state index in [9.17, 15) is 4.79 Å². The van der Waals surface area contributed by atoms with Crippen molar-refractivity contribution < 1.29 is 4.79 Å². The first kappa shape index (κ1) is 11.0. The van der Waals surface area contributed by atoms with Crippen molar-refractivity contribution in [3.05, 3.63) is 60.2 Å². The van der Waals surface area contributed by atoms with Crippen molar-refractivity contribution in [2.24, 2.45) is 0 Å². The highest BCUT2D eigenvalue weighted by atomic mass is 79.9. The molecule has 0 aliphatic heterocycles. The average molecular weight is 277 g/mol. The van der Waals surface area contributed by atoms with E-state index in [2.05, 4.69) is 25.9 Å². The molecule has 0 N–H and O–H groups in total. The van der Waals surface area contributed by atoms with Crippen LogP contribution in [-0.4, -0.2) is 15.8 Å². The quantitative estimate of drug-likeness (QED) is 0.640. The van der Waals surface area contributed by atoms with E-state index in [0.29, 0.717) is 11.3 Å². The third-order valence-corrected chi connectivity index (χ3v) is 3.02. The molecule has 0 fully saturated rings. The molecular formula is C12H9BrN2O. The van der Waals surface area contributed by atoms with Crippen molar-refractivity contribution >= 4 is 21.7 Å². The van der Waals surface area contributed by atoms with Gasteiger partial charge in [-0.05, 0) is 0 Å². The molecule has 0 radical (unpaired) electrons. The number of nitrogens with zero attached hydrogens (tertiary/aromatic N) is 2. The van der Waals surface area contributed by atoms with Crippen molar-refractivity contribution in [2.45, 2.75) is 4.83 Å². The first-order valence-corrected chi connectivity index (χ1v) is 5.70. The molecular weight excluding hydrogens is 268 g/mol. The van der Waals surface area contributed by atoms with E-state index in [0.717, 1.165) is 0 Å². The Hall–Kier alpha value is -1.55. The van der Waals surface area contributed by atoms with Crippen LogP contribution in [0.15, 0.2) is 48.9 Å². The van der Waals surface area contributed by atoms with E-state index in [1.807, 2.05) is 18.2 Å². The zero-order valence-electron chi connectivity index (χ0n) is 8.38. The summed E-state index contributed by atoms with van der Waals surface area (Å²) in [7, 11) is 0. The molecule has 1 aromatic carbocycles. The predicted molar refractivity (Wildman–Crippen MR) is 64.5 cm³/mol. The second-order valence-electron chi connectivity index (χ2n) is 3.22. The SMILES string of the molecule is O=C(c1ccccc1)C(Br)c1cnccn1. The maximum absolute atomic E-state index is 12.0. The molecule has 4 heteroatoms. The molecule has 1 aromatic heterocycles. The van der Waals surface area contributed by atoms with Gasteiger partial charge in [0.05, 0.1) is 5.69 Å². The van der Waals surface area contributed by atoms with E-state index < -0.39 is 4.83 Å². The van der Waals surface area contributed by atoms with Gasteiger partial charge >= 0.3 is 0 Å². The van der Waals surface area contributed by atoms with Crippen LogP contribution in [0.1, 0.15) is 20.9 Å². The van der Waals surface area contributed by atoms with Crippen LogP contribution >= 0.6 is 15.9 Å². The molecule has 0 bridgehead atoms. The van der Waals surface area contributed by atoms with Gasteiger partial charge in [-0.2, -0.15) is 0 Å². The molecule has 1 atom stereocenters. The van der Waals surface area contributed by atoms with Crippen molar-refractivity contribution in [3.8, 4) is 0 Å². The van der Waals surface area contributed by atoms with Gasteiger partial charge in [0, 0.05) is 24.2 Å². The van der Waals surface area contributed by atoms with E-state index >= 15 is 0 Å². The largest absolute Gasteiger partial charge is 0.292 e. The molecule has 0 aliphatic rings. The fraction of sp³-hybridized carbons (Fsp3) is 0.0833. The Morgan fingerprint density at radius 3 is 2.56 bits per heavy atom. The monoisotopic (exact) mass is 276 g/mol. The van der Waals surface area contributed by atoms with Crippen LogP contribution in [0.2, 0.25) is 0 Å². The van der Waals surface area contributed by atoms with E-state index in [-0.39, 0.29) is 5.78 Å². The molecule has 0 spiro atoms. The Kier molecular flexibility index (Phi) is 3.41. The number of alkyl halides is 1. The Morgan fingerprint density at radius 1 is 1.19 bits per heavy atom. The molecule has 2 aromatic rings. The van der Waals surface area contributed by atoms with Crippen LogP contribution < -0.4 is 0 Å². The predicted octanol–water partition coefficient (Wildman–Crippen LogP) is 2.80. The molecule has 0 amide bonds. The smallest absolute Gasteiger partial charge is 0.182 e. The molecule has 0 aliphatic carbocycles. The van der Waals surface area contributed by atoms with Crippen molar-refractivity contribution in [1.29, 1.82) is 0 Å². The maximum Gasteiger partial charge on any atom is 0.182 e. The molecule has 0 saturated heterocycles. The van der Waals surface area contributed by atoms with Gasteiger partial charge < -0.3 is 0 Å². The third kappa shape index (κ3) is 2.33. The Balaban J connectivity index is 2.24. The average Bonchev–Trinajstić information content (AvgIpc) is 2.39. The Labute approximate surface area is 102 Å². The number of ketones is 1. The molecule has 0 saturated carbocycles. The van der Waals surface area contributed by atoms with Crippen LogP contribution in [0.25, 0.3) is 0 Å². The Morgan fingerprint density at radius 2 is 1.94 bits per heavy atom. The fourth-order valence-electron chi connectivity index (χ4n) is 1.32. The van der Waals surface area contributed by atoms with Gasteiger partial charge in [0.25, 0.3) is 0 Å². The molecule has 3 nitrogen and oxygen atoms in total. The number of halogens is 1. The summed E-state index contributed by atoms with van der Waals surface area (Å²) in [6.45, 7) is 0. The van der Waals surface area contributed by atoms with Gasteiger partial charge in [0.1, 0.15) is 4.83 Å². The molecule has 80 valence electrons. The summed E-state index contributed by atoms with van der Waals surface area (Å²) in [5, 5.41) is 0. The molecule has 16 heavy (non-hydrogen) atoms. The number of hydrogen-bond donors (Lipinski definition) is 0. The summed E-state index contributed by atoms with van der Waals surface area (Å²) >= 11 is 3.34. The summed E-state index contributed by atoms with van der Waals surface area (Å²) in [5.41, 5.74) is 1.28. The van der Waals surface area contributed by atoms with E-state index in [1.165, 1.54) is 0 Å². The van der Waals surface area contributed by atoms with Crippen molar-refractivity contribution in [3.63, 3.8) is 0 Å². The number of rotatable bonds is 3. The lowest BCUT2D eigenvalue weighted by Gasteiger charge is -2.07. The van der Waals surface area contributed by atoms with Gasteiger partial charge in [-0.25, -0.2) is 0 Å². The number of hydrogen-bond acceptors (Lipinski definition) is 3. The zero-order valence-corrected chi connectivity index (χ0v) is 9.96. The van der Waals surface area contributed by atoms with E-state index in [4.69, 9.17) is 0 Å². The zero-order chi connectivity index (χ0) is 11.4. The summed E-state index contributed by atoms with van der Waals surface area (Å²) in [5.74, 6) is -0.0129. The second kappa shape index (κ2) is 4.99. The second-order valence-corrected chi connectivity index (χ2v) is 4.14. The maximum atomic E-state index is 12.0. The first-order valence-electron chi connectivity index (χ1n) is 4.78. The minimum Gasteiger partial charge on any atom is -0.292 e. The van der Waals surface area contributed by atoms with Crippen LogP contribution in [-0.2, 0) is 0 Å². The summed E-state index contributed by atoms with van der Waals surface area (Å²) in [6, 6.07) is 9.12. The minimum atomic E-state index is -0.441. The van der Waals surface area contributed by atoms with Crippen molar-refractivity contribution in [2.75, 3.05) is 0 Å². The normalized spacial score (nSPS) is 12.1. The number of Topliss-reactive ketones (excluding diaryl/α,β-unsaturated/α-hetero) is 1. The van der Waals surface area contributed by atoms with Crippen LogP contribution in [0, 0.1) is 0 Å². The van der Waals surface area contributed by atoms with Gasteiger partial charge in [0.15, 0.2) is 5.78 Å². The highest BCUT2D eigenvalue weighted by Gasteiger charge is 2.19. The Bertz CT molecular complexity index is 473. The standard InChI is InChI=1S/C12H9BrN2O/c13-11(10-8-14-6-7-15-10)12(16)9-4-2-1-3-5-9/h1-8,11H. The lowest BCUT2D eigenvalue weighted by Crippen LogP contribution is -2.08. The van der Waals surface area contributed by atoms with E-state index in [1.54, 1.807) is 30.7 Å². The van der Waals surface area contributed by atoms with Gasteiger partial charge in [-0.1, -0.05) is 46.3 Å². The lowest BCUT2D eigenvalue weighted by molar-refractivity contribution is 0.0990. The van der Waals surface area contributed by atoms with Gasteiger partial charge in [-0.15, -0.1) is 0 Å². The molecule has 2 rings (SSSR count). The van der Waals surface area contributed by atoms with Crippen LogP contribution in [0.4, 0.5) is 0 Å². The highest BCUT2D eigenvalue weighted by molar-refractivity contribution is 9.09. The van der Waals surface area contributed by atoms with Crippen molar-refractivity contribution in [1.82, 2.24) is 9.97 Å². The topological polar surface area (TPSA) is 42.9 Å². The number of benzene rings is 1. The first-order chi connectivity index (χ1) is 7.79. The summed E-state index contributed by atoms with van der Waals surface area (Å²) < 4.78 is 0. The highest BCUT2D eigenvalue weighted by Crippen LogP contribution is 2.24. The summed E-state index contributed by atoms with van der Waals surface area (Å²) in [4.78, 5) is 19.6. The van der Waals surface area contributed by atoms with Crippen LogP contribution in [0.5, 0.6) is 0 Å². The number of carbonyl (C=O) groups is 1. The van der Waals surface area contributed by atoms with Gasteiger partial charge in [-0.3, -0.25) is 14.8 Å². The molecule has 1 unspecified atom stereocenters. The molecule has 1 heterocycles. The lowest BCUT2D eigenvalue weighted by atomic mass is 10.1. The number of carbonyl (C=O) groups excluding carboxylic acids is 1. The fourth-order valence-corrected chi connectivity index (χ4v) is 1.83. The third-order valence-electron chi connectivity index (χ3n) is 2.13. The summed E-state index contributed by atoms with van der Waals surface area (Å²) in [6.07, 6.45) is 4.73. The number of aromatic nitrogens is 2. The van der Waals surface area contributed by atoms with Crippen LogP contribution in [0.3, 0.4) is 0 Å².